The van der Waals surface area contributed by atoms with Crippen LogP contribution in [0.15, 0.2) is 65.6 Å². The SMILES string of the molecule is CCc1ccc(CC)c(CNC(=O)[C@H]2CN(S(=O)(=O)c3ccc(OC)cc3)c3cc(Cl)ccc3O2)c1. The molecule has 0 unspecified atom stereocenters. The quantitative estimate of drug-likeness (QED) is 0.456. The molecule has 4 rings (SSSR count). The van der Waals surface area contributed by atoms with Gasteiger partial charge in [-0.2, -0.15) is 0 Å². The summed E-state index contributed by atoms with van der Waals surface area (Å²) >= 11 is 6.17. The van der Waals surface area contributed by atoms with Crippen LogP contribution in [0, 0.1) is 0 Å². The Hall–Kier alpha value is -3.23. The van der Waals surface area contributed by atoms with Gasteiger partial charge in [-0.15, -0.1) is 0 Å². The van der Waals surface area contributed by atoms with Crippen molar-refractivity contribution in [1.82, 2.24) is 5.32 Å². The number of hydrogen-bond acceptors (Lipinski definition) is 5. The molecule has 1 aliphatic rings. The number of fused-ring (bicyclic) bond motifs is 1. The molecule has 3 aromatic carbocycles. The number of hydrogen-bond donors (Lipinski definition) is 1. The van der Waals surface area contributed by atoms with Gasteiger partial charge < -0.3 is 14.8 Å². The molecule has 0 saturated carbocycles. The summed E-state index contributed by atoms with van der Waals surface area (Å²) in [7, 11) is -2.50. The molecule has 0 aromatic heterocycles. The minimum Gasteiger partial charge on any atom is -0.497 e. The number of sulfonamides is 1. The molecule has 1 N–H and O–H groups in total. The molecule has 1 amide bonds. The molecule has 1 heterocycles. The van der Waals surface area contributed by atoms with Gasteiger partial charge in [-0.1, -0.05) is 43.6 Å². The van der Waals surface area contributed by atoms with Gasteiger partial charge in [0.15, 0.2) is 6.10 Å². The Morgan fingerprint density at radius 1 is 1.06 bits per heavy atom. The first-order valence-electron chi connectivity index (χ1n) is 11.8. The Bertz CT molecular complexity index is 1360. The molecule has 9 heteroatoms. The van der Waals surface area contributed by atoms with Crippen LogP contribution in [0.2, 0.25) is 5.02 Å². The number of nitrogens with zero attached hydrogens (tertiary/aromatic N) is 1. The molecule has 1 aliphatic heterocycles. The monoisotopic (exact) mass is 528 g/mol. The second-order valence-electron chi connectivity index (χ2n) is 8.46. The van der Waals surface area contributed by atoms with Gasteiger partial charge in [0.05, 0.1) is 24.2 Å². The van der Waals surface area contributed by atoms with E-state index in [1.54, 1.807) is 24.3 Å². The zero-order valence-electron chi connectivity index (χ0n) is 20.5. The van der Waals surface area contributed by atoms with Crippen molar-refractivity contribution in [2.24, 2.45) is 0 Å². The summed E-state index contributed by atoms with van der Waals surface area (Å²) in [5.74, 6) is 0.412. The lowest BCUT2D eigenvalue weighted by Gasteiger charge is -2.35. The molecule has 1 atom stereocenters. The number of anilines is 1. The highest BCUT2D eigenvalue weighted by Crippen LogP contribution is 2.39. The van der Waals surface area contributed by atoms with Gasteiger partial charge in [0.1, 0.15) is 11.5 Å². The van der Waals surface area contributed by atoms with Crippen LogP contribution in [0.1, 0.15) is 30.5 Å². The first-order chi connectivity index (χ1) is 17.3. The third kappa shape index (κ3) is 5.29. The summed E-state index contributed by atoms with van der Waals surface area (Å²) in [5.41, 5.74) is 3.66. The van der Waals surface area contributed by atoms with Crippen LogP contribution in [0.4, 0.5) is 5.69 Å². The van der Waals surface area contributed by atoms with Crippen molar-refractivity contribution in [3.8, 4) is 11.5 Å². The zero-order valence-corrected chi connectivity index (χ0v) is 22.0. The van der Waals surface area contributed by atoms with Gasteiger partial charge >= 0.3 is 0 Å². The highest BCUT2D eigenvalue weighted by atomic mass is 35.5. The first-order valence-corrected chi connectivity index (χ1v) is 13.6. The van der Waals surface area contributed by atoms with Crippen molar-refractivity contribution in [3.05, 3.63) is 82.4 Å². The van der Waals surface area contributed by atoms with Crippen molar-refractivity contribution >= 4 is 33.2 Å². The number of benzene rings is 3. The molecule has 0 saturated heterocycles. The van der Waals surface area contributed by atoms with E-state index in [9.17, 15) is 13.2 Å². The number of carbonyl (C=O) groups excluding carboxylic acids is 1. The Kier molecular flexibility index (Phi) is 7.76. The summed E-state index contributed by atoms with van der Waals surface area (Å²) in [6, 6.07) is 17.1. The lowest BCUT2D eigenvalue weighted by molar-refractivity contribution is -0.127. The molecule has 0 aliphatic carbocycles. The largest absolute Gasteiger partial charge is 0.497 e. The maximum atomic E-state index is 13.6. The molecule has 0 radical (unpaired) electrons. The molecule has 0 fully saturated rings. The Morgan fingerprint density at radius 2 is 1.81 bits per heavy atom. The number of nitrogens with one attached hydrogen (secondary N) is 1. The fourth-order valence-corrected chi connectivity index (χ4v) is 5.80. The van der Waals surface area contributed by atoms with Gasteiger partial charge in [-0.25, -0.2) is 8.42 Å². The molecular formula is C27H29ClN2O5S. The van der Waals surface area contributed by atoms with Crippen molar-refractivity contribution in [2.45, 2.75) is 44.2 Å². The maximum absolute atomic E-state index is 13.6. The number of rotatable bonds is 8. The van der Waals surface area contributed by atoms with Gasteiger partial charge in [0, 0.05) is 11.6 Å². The van der Waals surface area contributed by atoms with Crippen LogP contribution in [-0.2, 0) is 34.2 Å². The number of methoxy groups -OCH3 is 1. The van der Waals surface area contributed by atoms with Gasteiger partial charge in [-0.05, 0) is 72.0 Å². The van der Waals surface area contributed by atoms with Crippen LogP contribution < -0.4 is 19.1 Å². The molecule has 3 aromatic rings. The summed E-state index contributed by atoms with van der Waals surface area (Å²) in [6.07, 6.45) is 0.705. The summed E-state index contributed by atoms with van der Waals surface area (Å²) in [5, 5.41) is 3.30. The summed E-state index contributed by atoms with van der Waals surface area (Å²) < 4.78 is 39.5. The van der Waals surface area contributed by atoms with Crippen molar-refractivity contribution in [3.63, 3.8) is 0 Å². The average Bonchev–Trinajstić information content (AvgIpc) is 2.90. The average molecular weight is 529 g/mol. The molecule has 7 nitrogen and oxygen atoms in total. The van der Waals surface area contributed by atoms with Crippen molar-refractivity contribution < 1.29 is 22.7 Å². The minimum absolute atomic E-state index is 0.0688. The van der Waals surface area contributed by atoms with E-state index < -0.39 is 22.0 Å². The number of aryl methyl sites for hydroxylation is 2. The van der Waals surface area contributed by atoms with E-state index in [4.69, 9.17) is 21.1 Å². The topological polar surface area (TPSA) is 84.9 Å². The number of halogens is 1. The molecule has 36 heavy (non-hydrogen) atoms. The van der Waals surface area contributed by atoms with Crippen LogP contribution in [0.25, 0.3) is 0 Å². The van der Waals surface area contributed by atoms with Gasteiger partial charge in [-0.3, -0.25) is 9.10 Å². The van der Waals surface area contributed by atoms with Crippen LogP contribution in [0.3, 0.4) is 0 Å². The third-order valence-electron chi connectivity index (χ3n) is 6.24. The Balaban J connectivity index is 1.61. The van der Waals surface area contributed by atoms with E-state index in [0.29, 0.717) is 17.3 Å². The highest BCUT2D eigenvalue weighted by Gasteiger charge is 2.37. The normalized spacial score (nSPS) is 15.1. The van der Waals surface area contributed by atoms with Crippen LogP contribution in [0.5, 0.6) is 11.5 Å². The van der Waals surface area contributed by atoms with Crippen LogP contribution in [-0.4, -0.2) is 34.1 Å². The molecule has 190 valence electrons. The van der Waals surface area contributed by atoms with Gasteiger partial charge in [0.25, 0.3) is 15.9 Å². The molecule has 0 spiro atoms. The lowest BCUT2D eigenvalue weighted by atomic mass is 10.0. The second-order valence-corrected chi connectivity index (χ2v) is 10.8. The summed E-state index contributed by atoms with van der Waals surface area (Å²) in [4.78, 5) is 13.3. The standard InChI is InChI=1S/C27H29ClN2O5S/c1-4-18-6-7-19(5-2)20(14-18)16-29-27(31)26-17-30(24-15-21(28)8-13-25(24)35-26)36(32,33)23-11-9-22(34-3)10-12-23/h6-15,26H,4-5,16-17H2,1-3H3,(H,29,31)/t26-/m1/s1. The smallest absolute Gasteiger partial charge is 0.264 e. The van der Waals surface area contributed by atoms with Crippen molar-refractivity contribution in [2.75, 3.05) is 18.0 Å². The highest BCUT2D eigenvalue weighted by molar-refractivity contribution is 7.92. The van der Waals surface area contributed by atoms with E-state index in [0.717, 1.165) is 24.0 Å². The van der Waals surface area contributed by atoms with E-state index in [1.807, 2.05) is 0 Å². The van der Waals surface area contributed by atoms with Crippen molar-refractivity contribution in [1.29, 1.82) is 0 Å². The molecule has 0 bridgehead atoms. The Labute approximate surface area is 217 Å². The first kappa shape index (κ1) is 25.9. The lowest BCUT2D eigenvalue weighted by Crippen LogP contribution is -2.50. The van der Waals surface area contributed by atoms with Gasteiger partial charge in [0.2, 0.25) is 0 Å². The van der Waals surface area contributed by atoms with E-state index >= 15 is 0 Å². The summed E-state index contributed by atoms with van der Waals surface area (Å²) in [6.45, 7) is 4.29. The predicted molar refractivity (Wildman–Crippen MR) is 140 cm³/mol. The number of amides is 1. The third-order valence-corrected chi connectivity index (χ3v) is 8.27. The number of carbonyl (C=O) groups is 1. The van der Waals surface area contributed by atoms with E-state index in [2.05, 4.69) is 37.4 Å². The van der Waals surface area contributed by atoms with Crippen LogP contribution >= 0.6 is 11.6 Å². The Morgan fingerprint density at radius 3 is 2.47 bits per heavy atom. The zero-order chi connectivity index (χ0) is 25.9. The molecular weight excluding hydrogens is 500 g/mol. The fraction of sp³-hybridized carbons (Fsp3) is 0.296. The minimum atomic E-state index is -4.01. The number of ether oxygens (including phenoxy) is 2. The fourth-order valence-electron chi connectivity index (χ4n) is 4.17. The van der Waals surface area contributed by atoms with E-state index in [-0.39, 0.29) is 22.9 Å². The second kappa shape index (κ2) is 10.8. The van der Waals surface area contributed by atoms with E-state index in [1.165, 1.54) is 35.2 Å². The predicted octanol–water partition coefficient (Wildman–Crippen LogP) is 4.75. The maximum Gasteiger partial charge on any atom is 0.264 e.